The van der Waals surface area contributed by atoms with Gasteiger partial charge in [-0.3, -0.25) is 33.8 Å². The summed E-state index contributed by atoms with van der Waals surface area (Å²) in [4.78, 5) is 84.7. The van der Waals surface area contributed by atoms with Gasteiger partial charge in [0, 0.05) is 19.5 Å². The number of amides is 6. The second-order valence-electron chi connectivity index (χ2n) is 14.2. The van der Waals surface area contributed by atoms with E-state index in [-0.39, 0.29) is 55.9 Å². The van der Waals surface area contributed by atoms with Crippen LogP contribution in [0.4, 0.5) is 0 Å². The molecule has 1 fully saturated rings. The zero-order chi connectivity index (χ0) is 39.1. The molecule has 52 heavy (non-hydrogen) atoms. The number of benzene rings is 1. The number of nitrogens with two attached hydrogens (primary N) is 4. The fourth-order valence-electron chi connectivity index (χ4n) is 5.90. The summed E-state index contributed by atoms with van der Waals surface area (Å²) in [6, 6.07) is 0.0713. The normalized spacial score (nSPS) is 17.0. The van der Waals surface area contributed by atoms with Crippen molar-refractivity contribution in [3.05, 3.63) is 29.8 Å². The Morgan fingerprint density at radius 1 is 0.827 bits per heavy atom. The van der Waals surface area contributed by atoms with Crippen LogP contribution in [-0.4, -0.2) is 101 Å². The van der Waals surface area contributed by atoms with Crippen molar-refractivity contribution >= 4 is 41.4 Å². The quantitative estimate of drug-likeness (QED) is 0.0441. The maximum Gasteiger partial charge on any atom is 0.246 e. The van der Waals surface area contributed by atoms with Gasteiger partial charge in [-0.2, -0.15) is 0 Å². The molecule has 17 nitrogen and oxygen atoms in total. The second-order valence-corrected chi connectivity index (χ2v) is 14.2. The van der Waals surface area contributed by atoms with Crippen molar-refractivity contribution in [1.82, 2.24) is 26.2 Å². The van der Waals surface area contributed by atoms with Gasteiger partial charge in [-0.15, -0.1) is 0 Å². The number of rotatable bonds is 20. The fourth-order valence-corrected chi connectivity index (χ4v) is 5.90. The Hall–Kier alpha value is -4.93. The third-order valence-corrected chi connectivity index (χ3v) is 8.59. The van der Waals surface area contributed by atoms with Crippen LogP contribution in [0.3, 0.4) is 0 Å². The molecular formula is C35H58N10O7. The zero-order valence-electron chi connectivity index (χ0n) is 30.9. The molecule has 0 spiro atoms. The molecule has 1 aliphatic heterocycles. The number of hydrogen-bond acceptors (Lipinski definition) is 9. The van der Waals surface area contributed by atoms with E-state index in [1.54, 1.807) is 12.1 Å². The molecule has 0 bridgehead atoms. The number of phenolic OH excluding ortho intramolecular Hbond substituents is 1. The largest absolute Gasteiger partial charge is 0.508 e. The van der Waals surface area contributed by atoms with Crippen LogP contribution in [0.25, 0.3) is 0 Å². The van der Waals surface area contributed by atoms with Crippen LogP contribution in [0, 0.1) is 11.8 Å². The van der Waals surface area contributed by atoms with Gasteiger partial charge in [0.15, 0.2) is 5.96 Å². The number of likely N-dealkylation sites (tertiary alicyclic amines) is 1. The lowest BCUT2D eigenvalue weighted by molar-refractivity contribution is -0.142. The van der Waals surface area contributed by atoms with Gasteiger partial charge in [-0.1, -0.05) is 39.8 Å². The van der Waals surface area contributed by atoms with Gasteiger partial charge in [0.2, 0.25) is 35.4 Å². The molecule has 6 amide bonds. The van der Waals surface area contributed by atoms with Crippen molar-refractivity contribution in [1.29, 1.82) is 0 Å². The Balaban J connectivity index is 2.30. The topological polar surface area (TPSA) is 290 Å². The lowest BCUT2D eigenvalue weighted by Crippen LogP contribution is -2.59. The maximum absolute atomic E-state index is 14.2. The maximum atomic E-state index is 14.2. The van der Waals surface area contributed by atoms with E-state index in [1.807, 2.05) is 27.7 Å². The SMILES string of the molecule is CC(C)C[C@H](N)C(=O)N[C@H](C)C(=O)N[C@@H](Cc1ccc(O)cc1)C(=O)N1CCC[C@H]1C(=O)N[C@@H](CCCN=C(N)N)C(=O)N[C@H](CC(C)C)C(N)=O. The van der Waals surface area contributed by atoms with Crippen molar-refractivity contribution < 1.29 is 33.9 Å². The van der Waals surface area contributed by atoms with Gasteiger partial charge in [-0.25, -0.2) is 0 Å². The molecule has 0 aliphatic carbocycles. The first-order valence-corrected chi connectivity index (χ1v) is 17.8. The number of guanidine groups is 1. The minimum Gasteiger partial charge on any atom is -0.508 e. The van der Waals surface area contributed by atoms with Crippen molar-refractivity contribution in [2.24, 2.45) is 39.8 Å². The molecule has 290 valence electrons. The average Bonchev–Trinajstić information content (AvgIpc) is 3.55. The van der Waals surface area contributed by atoms with Crippen LogP contribution in [0.2, 0.25) is 0 Å². The Morgan fingerprint density at radius 3 is 2.02 bits per heavy atom. The van der Waals surface area contributed by atoms with E-state index in [0.717, 1.165) is 0 Å². The molecule has 1 saturated heterocycles. The molecular weight excluding hydrogens is 672 g/mol. The van der Waals surface area contributed by atoms with Crippen LogP contribution in [0.1, 0.15) is 78.7 Å². The van der Waals surface area contributed by atoms with E-state index in [9.17, 15) is 33.9 Å². The Bertz CT molecular complexity index is 1410. The number of aliphatic imine (C=N–C) groups is 1. The van der Waals surface area contributed by atoms with E-state index < -0.39 is 71.7 Å². The fraction of sp³-hybridized carbons (Fsp3) is 0.629. The molecule has 0 radical (unpaired) electrons. The highest BCUT2D eigenvalue weighted by Gasteiger charge is 2.39. The van der Waals surface area contributed by atoms with Gasteiger partial charge >= 0.3 is 0 Å². The highest BCUT2D eigenvalue weighted by atomic mass is 16.3. The number of carbonyl (C=O) groups is 6. The van der Waals surface area contributed by atoms with Gasteiger partial charge in [0.1, 0.15) is 36.0 Å². The standard InChI is InChI=1S/C35H58N10O7/c1-19(2)16-24(36)31(49)41-21(5)30(48)44-27(18-22-10-12-23(46)13-11-22)34(52)45-15-7-9-28(45)33(51)42-25(8-6-14-40-35(38)39)32(50)43-26(29(37)47)17-20(3)4/h10-13,19-21,24-28,46H,6-9,14-18,36H2,1-5H3,(H2,37,47)(H,41,49)(H,42,51)(H,43,50)(H,44,48)(H4,38,39,40)/t21-,24+,25+,26-,27+,28+/m1/s1. The van der Waals surface area contributed by atoms with E-state index in [0.29, 0.717) is 31.2 Å². The first-order chi connectivity index (χ1) is 24.4. The molecule has 1 aromatic carbocycles. The summed E-state index contributed by atoms with van der Waals surface area (Å²) in [6.45, 7) is 9.46. The number of nitrogens with zero attached hydrogens (tertiary/aromatic N) is 2. The number of primary amides is 1. The van der Waals surface area contributed by atoms with E-state index in [1.165, 1.54) is 24.0 Å². The first-order valence-electron chi connectivity index (χ1n) is 17.8. The Labute approximate surface area is 305 Å². The van der Waals surface area contributed by atoms with Crippen LogP contribution in [-0.2, 0) is 35.2 Å². The molecule has 0 saturated carbocycles. The van der Waals surface area contributed by atoms with Crippen LogP contribution >= 0.6 is 0 Å². The smallest absolute Gasteiger partial charge is 0.246 e. The number of phenols is 1. The number of hydrogen-bond donors (Lipinski definition) is 9. The summed E-state index contributed by atoms with van der Waals surface area (Å²) in [5.74, 6) is -3.52. The van der Waals surface area contributed by atoms with Gasteiger partial charge in [0.25, 0.3) is 0 Å². The second kappa shape index (κ2) is 20.8. The number of nitrogens with one attached hydrogen (secondary N) is 4. The molecule has 1 aromatic rings. The molecule has 0 unspecified atom stereocenters. The predicted molar refractivity (Wildman–Crippen MR) is 196 cm³/mol. The summed E-state index contributed by atoms with van der Waals surface area (Å²) < 4.78 is 0. The summed E-state index contributed by atoms with van der Waals surface area (Å²) >= 11 is 0. The van der Waals surface area contributed by atoms with E-state index >= 15 is 0 Å². The molecule has 1 aliphatic rings. The minimum atomic E-state index is -1.15. The molecule has 1 heterocycles. The van der Waals surface area contributed by atoms with E-state index in [4.69, 9.17) is 22.9 Å². The Kier molecular flexibility index (Phi) is 17.3. The highest BCUT2D eigenvalue weighted by molar-refractivity contribution is 5.97. The average molecular weight is 731 g/mol. The molecule has 6 atom stereocenters. The zero-order valence-corrected chi connectivity index (χ0v) is 30.9. The van der Waals surface area contributed by atoms with Gasteiger partial charge < -0.3 is 54.2 Å². The van der Waals surface area contributed by atoms with Gasteiger partial charge in [0.05, 0.1) is 6.04 Å². The Morgan fingerprint density at radius 2 is 1.44 bits per heavy atom. The lowest BCUT2D eigenvalue weighted by atomic mass is 10.0. The molecule has 13 N–H and O–H groups in total. The molecule has 0 aromatic heterocycles. The van der Waals surface area contributed by atoms with Crippen LogP contribution in [0.5, 0.6) is 5.75 Å². The summed E-state index contributed by atoms with van der Waals surface area (Å²) in [6.07, 6.45) is 1.92. The molecule has 17 heteroatoms. The lowest BCUT2D eigenvalue weighted by Gasteiger charge is -2.31. The van der Waals surface area contributed by atoms with E-state index in [2.05, 4.69) is 26.3 Å². The highest BCUT2D eigenvalue weighted by Crippen LogP contribution is 2.21. The van der Waals surface area contributed by atoms with Crippen LogP contribution < -0.4 is 44.2 Å². The summed E-state index contributed by atoms with van der Waals surface area (Å²) in [7, 11) is 0. The number of carbonyl (C=O) groups excluding carboxylic acids is 6. The van der Waals surface area contributed by atoms with Gasteiger partial charge in [-0.05, 0) is 75.0 Å². The van der Waals surface area contributed by atoms with Crippen molar-refractivity contribution in [3.63, 3.8) is 0 Å². The summed E-state index contributed by atoms with van der Waals surface area (Å²) in [5.41, 5.74) is 23.0. The van der Waals surface area contributed by atoms with Crippen molar-refractivity contribution in [3.8, 4) is 5.75 Å². The van der Waals surface area contributed by atoms with Crippen molar-refractivity contribution in [2.75, 3.05) is 13.1 Å². The monoisotopic (exact) mass is 730 g/mol. The third-order valence-electron chi connectivity index (χ3n) is 8.59. The predicted octanol–water partition coefficient (Wildman–Crippen LogP) is -1.16. The van der Waals surface area contributed by atoms with Crippen LogP contribution in [0.15, 0.2) is 29.3 Å². The number of aromatic hydroxyl groups is 1. The minimum absolute atomic E-state index is 0.0173. The third kappa shape index (κ3) is 14.4. The van der Waals surface area contributed by atoms with Crippen molar-refractivity contribution in [2.45, 2.75) is 116 Å². The summed E-state index contributed by atoms with van der Waals surface area (Å²) in [5, 5.41) is 20.5. The first kappa shape index (κ1) is 43.2. The molecule has 2 rings (SSSR count).